The zero-order valence-corrected chi connectivity index (χ0v) is 17.7. The number of carbonyl (C=O) groups excluding carboxylic acids is 1. The van der Waals surface area contributed by atoms with Crippen molar-refractivity contribution in [1.29, 1.82) is 0 Å². The topological polar surface area (TPSA) is 58.3 Å². The number of hydrogen-bond acceptors (Lipinski definition) is 5. The second-order valence-corrected chi connectivity index (χ2v) is 8.30. The highest BCUT2D eigenvalue weighted by Crippen LogP contribution is 2.34. The number of ether oxygens (including phenoxy) is 1. The average Bonchev–Trinajstić information content (AvgIpc) is 3.36. The first-order valence-corrected chi connectivity index (χ1v) is 10.4. The quantitative estimate of drug-likeness (QED) is 0.754. The predicted molar refractivity (Wildman–Crippen MR) is 112 cm³/mol. The van der Waals surface area contributed by atoms with Crippen LogP contribution in [0.15, 0.2) is 52.2 Å². The van der Waals surface area contributed by atoms with Crippen LogP contribution in [0.3, 0.4) is 0 Å². The molecule has 6 nitrogen and oxygen atoms in total. The Morgan fingerprint density at radius 1 is 1.17 bits per heavy atom. The van der Waals surface area contributed by atoms with Crippen molar-refractivity contribution >= 4 is 23.2 Å². The van der Waals surface area contributed by atoms with Crippen LogP contribution >= 0.6 is 11.6 Å². The lowest BCUT2D eigenvalue weighted by Gasteiger charge is -2.39. The second kappa shape index (κ2) is 8.30. The first kappa shape index (κ1) is 20.1. The Bertz CT molecular complexity index is 871. The Hall–Kier alpha value is -2.15. The molecule has 0 N–H and O–H groups in total. The molecule has 1 aromatic heterocycles. The SMILES string of the molecule is C[C@@H]1CN([C@@H](C)C(=O)N2N=C(c3ccc(Cl)cc3)C[C@@H]2c2ccco2)C[C@H](C)O1. The summed E-state index contributed by atoms with van der Waals surface area (Å²) in [6, 6.07) is 10.7. The number of morpholine rings is 1. The molecule has 2 aliphatic rings. The first-order chi connectivity index (χ1) is 13.9. The smallest absolute Gasteiger partial charge is 0.260 e. The molecular weight excluding hydrogens is 390 g/mol. The molecule has 4 rings (SSSR count). The Morgan fingerprint density at radius 3 is 2.48 bits per heavy atom. The Labute approximate surface area is 176 Å². The van der Waals surface area contributed by atoms with Crippen LogP contribution in [0.4, 0.5) is 0 Å². The van der Waals surface area contributed by atoms with E-state index in [-0.39, 0.29) is 30.2 Å². The van der Waals surface area contributed by atoms with Crippen molar-refractivity contribution in [2.24, 2.45) is 5.10 Å². The van der Waals surface area contributed by atoms with Crippen molar-refractivity contribution in [2.75, 3.05) is 13.1 Å². The monoisotopic (exact) mass is 415 g/mol. The molecule has 3 heterocycles. The summed E-state index contributed by atoms with van der Waals surface area (Å²) in [4.78, 5) is 15.6. The second-order valence-electron chi connectivity index (χ2n) is 7.86. The van der Waals surface area contributed by atoms with Gasteiger partial charge in [-0.2, -0.15) is 5.10 Å². The minimum absolute atomic E-state index is 0.0309. The molecule has 1 saturated heterocycles. The van der Waals surface area contributed by atoms with E-state index < -0.39 is 0 Å². The lowest BCUT2D eigenvalue weighted by atomic mass is 10.0. The van der Waals surface area contributed by atoms with E-state index in [1.165, 1.54) is 0 Å². The molecule has 154 valence electrons. The molecule has 2 aliphatic heterocycles. The third-order valence-corrected chi connectivity index (χ3v) is 5.79. The largest absolute Gasteiger partial charge is 0.467 e. The molecule has 29 heavy (non-hydrogen) atoms. The lowest BCUT2D eigenvalue weighted by Crippen LogP contribution is -2.54. The van der Waals surface area contributed by atoms with Gasteiger partial charge >= 0.3 is 0 Å². The third kappa shape index (κ3) is 4.25. The maximum absolute atomic E-state index is 13.5. The molecule has 1 fully saturated rings. The summed E-state index contributed by atoms with van der Waals surface area (Å²) in [7, 11) is 0. The van der Waals surface area contributed by atoms with E-state index in [4.69, 9.17) is 25.9 Å². The highest BCUT2D eigenvalue weighted by molar-refractivity contribution is 6.30. The Balaban J connectivity index is 1.60. The van der Waals surface area contributed by atoms with Crippen molar-refractivity contribution in [3.8, 4) is 0 Å². The number of benzene rings is 1. The van der Waals surface area contributed by atoms with Crippen molar-refractivity contribution in [1.82, 2.24) is 9.91 Å². The van der Waals surface area contributed by atoms with Crippen LogP contribution in [0.5, 0.6) is 0 Å². The van der Waals surface area contributed by atoms with Crippen LogP contribution in [0.1, 0.15) is 44.6 Å². The van der Waals surface area contributed by atoms with Gasteiger partial charge in [0, 0.05) is 24.5 Å². The number of hydrogen-bond donors (Lipinski definition) is 0. The molecule has 0 aliphatic carbocycles. The van der Waals surface area contributed by atoms with Crippen molar-refractivity contribution < 1.29 is 13.9 Å². The van der Waals surface area contributed by atoms with Crippen LogP contribution in [-0.4, -0.2) is 52.9 Å². The maximum Gasteiger partial charge on any atom is 0.260 e. The fourth-order valence-electron chi connectivity index (χ4n) is 4.11. The summed E-state index contributed by atoms with van der Waals surface area (Å²) in [6.07, 6.45) is 2.43. The van der Waals surface area contributed by atoms with Gasteiger partial charge < -0.3 is 9.15 Å². The summed E-state index contributed by atoms with van der Waals surface area (Å²) in [5.74, 6) is 0.707. The first-order valence-electron chi connectivity index (χ1n) is 10.0. The summed E-state index contributed by atoms with van der Waals surface area (Å²) < 4.78 is 11.5. The van der Waals surface area contributed by atoms with Gasteiger partial charge in [0.1, 0.15) is 11.8 Å². The highest BCUT2D eigenvalue weighted by Gasteiger charge is 2.39. The summed E-state index contributed by atoms with van der Waals surface area (Å²) >= 11 is 6.02. The van der Waals surface area contributed by atoms with Gasteiger partial charge in [-0.1, -0.05) is 23.7 Å². The van der Waals surface area contributed by atoms with E-state index in [2.05, 4.69) is 4.90 Å². The van der Waals surface area contributed by atoms with Crippen LogP contribution in [-0.2, 0) is 9.53 Å². The summed E-state index contributed by atoms with van der Waals surface area (Å²) in [5, 5.41) is 6.99. The van der Waals surface area contributed by atoms with Crippen LogP contribution < -0.4 is 0 Å². The molecule has 1 aromatic carbocycles. The van der Waals surface area contributed by atoms with E-state index in [9.17, 15) is 4.79 Å². The Kier molecular flexibility index (Phi) is 5.76. The van der Waals surface area contributed by atoms with Gasteiger partial charge in [0.25, 0.3) is 5.91 Å². The minimum atomic E-state index is -0.297. The zero-order chi connectivity index (χ0) is 20.5. The number of halogens is 1. The van der Waals surface area contributed by atoms with E-state index in [0.717, 1.165) is 30.1 Å². The fourth-order valence-corrected chi connectivity index (χ4v) is 4.24. The molecule has 4 atom stereocenters. The minimum Gasteiger partial charge on any atom is -0.467 e. The number of nitrogens with zero attached hydrogens (tertiary/aromatic N) is 3. The zero-order valence-electron chi connectivity index (χ0n) is 16.9. The van der Waals surface area contributed by atoms with Crippen molar-refractivity contribution in [3.05, 3.63) is 59.0 Å². The van der Waals surface area contributed by atoms with Crippen LogP contribution in [0.25, 0.3) is 0 Å². The van der Waals surface area contributed by atoms with Crippen molar-refractivity contribution in [3.63, 3.8) is 0 Å². The van der Waals surface area contributed by atoms with Gasteiger partial charge in [-0.15, -0.1) is 0 Å². The molecule has 2 aromatic rings. The fraction of sp³-hybridized carbons (Fsp3) is 0.455. The van der Waals surface area contributed by atoms with Crippen molar-refractivity contribution in [2.45, 2.75) is 51.5 Å². The molecule has 1 amide bonds. The highest BCUT2D eigenvalue weighted by atomic mass is 35.5. The van der Waals surface area contributed by atoms with Gasteiger partial charge in [-0.25, -0.2) is 5.01 Å². The van der Waals surface area contributed by atoms with E-state index in [1.807, 2.05) is 57.2 Å². The van der Waals surface area contributed by atoms with Crippen LogP contribution in [0, 0.1) is 0 Å². The summed E-state index contributed by atoms with van der Waals surface area (Å²) in [6.45, 7) is 7.48. The number of furan rings is 1. The number of rotatable bonds is 4. The standard InChI is InChI=1S/C22H26ClN3O3/c1-14-12-25(13-15(2)29-14)16(3)22(27)26-20(21-5-4-10-28-21)11-19(24-26)17-6-8-18(23)9-7-17/h4-10,14-16,20H,11-13H2,1-3H3/t14-,15+,16-,20+/m0/s1. The molecule has 0 bridgehead atoms. The molecule has 0 unspecified atom stereocenters. The maximum atomic E-state index is 13.5. The predicted octanol–water partition coefficient (Wildman–Crippen LogP) is 4.11. The molecule has 0 radical (unpaired) electrons. The van der Waals surface area contributed by atoms with Gasteiger partial charge in [0.2, 0.25) is 0 Å². The van der Waals surface area contributed by atoms with Crippen LogP contribution in [0.2, 0.25) is 5.02 Å². The third-order valence-electron chi connectivity index (χ3n) is 5.54. The number of carbonyl (C=O) groups is 1. The van der Waals surface area contributed by atoms with Gasteiger partial charge in [0.05, 0.1) is 30.2 Å². The van der Waals surface area contributed by atoms with E-state index >= 15 is 0 Å². The number of amides is 1. The molecular formula is C22H26ClN3O3. The number of hydrazone groups is 1. The molecule has 0 saturated carbocycles. The Morgan fingerprint density at radius 2 is 1.86 bits per heavy atom. The average molecular weight is 416 g/mol. The van der Waals surface area contributed by atoms with E-state index in [1.54, 1.807) is 11.3 Å². The molecule has 7 heteroatoms. The normalized spacial score (nSPS) is 26.4. The van der Waals surface area contributed by atoms with Gasteiger partial charge in [-0.3, -0.25) is 9.69 Å². The lowest BCUT2D eigenvalue weighted by molar-refractivity contribution is -0.144. The van der Waals surface area contributed by atoms with Gasteiger partial charge in [0.15, 0.2) is 0 Å². The summed E-state index contributed by atoms with van der Waals surface area (Å²) in [5.41, 5.74) is 1.81. The van der Waals surface area contributed by atoms with E-state index in [0.29, 0.717) is 11.4 Å². The molecule has 0 spiro atoms. The van der Waals surface area contributed by atoms with Gasteiger partial charge in [-0.05, 0) is 50.6 Å².